The maximum Gasteiger partial charge on any atom is 0.416 e. The van der Waals surface area contributed by atoms with Gasteiger partial charge < -0.3 is 16.4 Å². The Hall–Kier alpha value is -1.80. The first-order valence-corrected chi connectivity index (χ1v) is 7.37. The molecule has 0 radical (unpaired) electrons. The molecule has 0 saturated heterocycles. The molecule has 0 aliphatic heterocycles. The van der Waals surface area contributed by atoms with E-state index in [4.69, 9.17) is 5.73 Å². The maximum atomic E-state index is 12.9. The smallest absolute Gasteiger partial charge is 0.344 e. The Labute approximate surface area is 150 Å². The molecule has 0 fully saturated rings. The van der Waals surface area contributed by atoms with Gasteiger partial charge in [0, 0.05) is 17.6 Å². The van der Waals surface area contributed by atoms with E-state index in [9.17, 15) is 22.8 Å². The van der Waals surface area contributed by atoms with Crippen molar-refractivity contribution in [3.8, 4) is 0 Å². The van der Waals surface area contributed by atoms with Crippen molar-refractivity contribution in [2.24, 2.45) is 11.1 Å². The normalized spacial score (nSPS) is 12.8. The molecule has 25 heavy (non-hydrogen) atoms. The van der Waals surface area contributed by atoms with E-state index >= 15 is 0 Å². The van der Waals surface area contributed by atoms with Crippen LogP contribution in [0.25, 0.3) is 0 Å². The quantitative estimate of drug-likeness (QED) is 0.749. The zero-order chi connectivity index (χ0) is 18.7. The number of benzene rings is 1. The largest absolute Gasteiger partial charge is 0.416 e. The number of carbonyl (C=O) groups is 2. The predicted molar refractivity (Wildman–Crippen MR) is 92.3 cm³/mol. The van der Waals surface area contributed by atoms with E-state index in [1.165, 1.54) is 13.0 Å². The second-order valence-electron chi connectivity index (χ2n) is 6.55. The summed E-state index contributed by atoms with van der Waals surface area (Å²) in [7, 11) is 0. The highest BCUT2D eigenvalue weighted by molar-refractivity contribution is 5.97. The van der Waals surface area contributed by atoms with E-state index in [0.29, 0.717) is 0 Å². The first-order valence-electron chi connectivity index (χ1n) is 7.37. The van der Waals surface area contributed by atoms with Crippen LogP contribution in [0.3, 0.4) is 0 Å². The molecule has 9 heteroatoms. The highest BCUT2D eigenvalue weighted by Gasteiger charge is 2.31. The van der Waals surface area contributed by atoms with E-state index < -0.39 is 29.1 Å². The van der Waals surface area contributed by atoms with Gasteiger partial charge in [-0.2, -0.15) is 13.2 Å². The molecule has 1 aromatic carbocycles. The van der Waals surface area contributed by atoms with Gasteiger partial charge in [0.15, 0.2) is 0 Å². The van der Waals surface area contributed by atoms with Crippen LogP contribution >= 0.6 is 12.4 Å². The van der Waals surface area contributed by atoms with Crippen LogP contribution < -0.4 is 16.4 Å². The minimum Gasteiger partial charge on any atom is -0.344 e. The van der Waals surface area contributed by atoms with Crippen LogP contribution in [0.5, 0.6) is 0 Å². The van der Waals surface area contributed by atoms with Crippen molar-refractivity contribution in [1.29, 1.82) is 0 Å². The molecule has 0 aliphatic carbocycles. The van der Waals surface area contributed by atoms with Crippen molar-refractivity contribution in [3.05, 3.63) is 29.3 Å². The molecule has 0 aliphatic rings. The maximum absolute atomic E-state index is 12.9. The fourth-order valence-electron chi connectivity index (χ4n) is 1.77. The predicted octanol–water partition coefficient (Wildman–Crippen LogP) is 3.08. The van der Waals surface area contributed by atoms with Gasteiger partial charge in [-0.3, -0.25) is 9.59 Å². The molecule has 1 aromatic rings. The van der Waals surface area contributed by atoms with Crippen LogP contribution in [0.15, 0.2) is 18.2 Å². The van der Waals surface area contributed by atoms with Crippen molar-refractivity contribution in [1.82, 2.24) is 5.32 Å². The summed E-state index contributed by atoms with van der Waals surface area (Å²) in [6, 6.07) is 2.23. The Kier molecular flexibility index (Phi) is 7.92. The third-order valence-electron chi connectivity index (χ3n) is 3.25. The van der Waals surface area contributed by atoms with Gasteiger partial charge >= 0.3 is 6.18 Å². The molecule has 2 amide bonds. The molecule has 5 nitrogen and oxygen atoms in total. The second-order valence-corrected chi connectivity index (χ2v) is 6.55. The molecular formula is C16H23ClF3N3O2. The van der Waals surface area contributed by atoms with Crippen LogP contribution in [-0.2, 0) is 22.3 Å². The van der Waals surface area contributed by atoms with Crippen LogP contribution in [0.4, 0.5) is 18.9 Å². The molecule has 1 rings (SSSR count). The van der Waals surface area contributed by atoms with Gasteiger partial charge in [-0.05, 0) is 30.7 Å². The minimum absolute atomic E-state index is 0. The number of hydrogen-bond acceptors (Lipinski definition) is 3. The molecule has 0 saturated carbocycles. The average Bonchev–Trinajstić information content (AvgIpc) is 2.44. The lowest BCUT2D eigenvalue weighted by molar-refractivity contribution is -0.137. The van der Waals surface area contributed by atoms with E-state index in [-0.39, 0.29) is 36.1 Å². The van der Waals surface area contributed by atoms with E-state index in [0.717, 1.165) is 12.1 Å². The summed E-state index contributed by atoms with van der Waals surface area (Å²) >= 11 is 0. The van der Waals surface area contributed by atoms with Crippen LogP contribution in [0.1, 0.15) is 38.8 Å². The first-order chi connectivity index (χ1) is 10.8. The Morgan fingerprint density at radius 3 is 2.16 bits per heavy atom. The summed E-state index contributed by atoms with van der Waals surface area (Å²) in [5, 5.41) is 4.89. The van der Waals surface area contributed by atoms with Gasteiger partial charge in [0.25, 0.3) is 0 Å². The van der Waals surface area contributed by atoms with Crippen molar-refractivity contribution < 1.29 is 22.8 Å². The first kappa shape index (κ1) is 23.2. The minimum atomic E-state index is -4.54. The van der Waals surface area contributed by atoms with Gasteiger partial charge in [0.2, 0.25) is 11.8 Å². The van der Waals surface area contributed by atoms with Gasteiger partial charge in [0.05, 0.1) is 5.56 Å². The summed E-state index contributed by atoms with van der Waals surface area (Å²) in [6.07, 6.45) is -4.54. The molecule has 1 unspecified atom stereocenters. The summed E-state index contributed by atoms with van der Waals surface area (Å²) in [6.45, 7) is 6.42. The fourth-order valence-corrected chi connectivity index (χ4v) is 1.77. The number of anilines is 1. The summed E-state index contributed by atoms with van der Waals surface area (Å²) in [5.74, 6) is -0.952. The van der Waals surface area contributed by atoms with Crippen molar-refractivity contribution >= 4 is 29.9 Å². The van der Waals surface area contributed by atoms with Crippen molar-refractivity contribution in [3.63, 3.8) is 0 Å². The van der Waals surface area contributed by atoms with Gasteiger partial charge in [-0.15, -0.1) is 12.4 Å². The molecule has 1 atom stereocenters. The standard InChI is InChI=1S/C16H22F3N3O2.ClH/c1-9(21-14(24)15(2,3)4)13(23)22-12-6-10(8-20)5-11(7-12)16(17,18)19;/h5-7,9H,8,20H2,1-4H3,(H,21,24)(H,22,23);1H. The third kappa shape index (κ3) is 6.91. The van der Waals surface area contributed by atoms with Crippen LogP contribution in [0, 0.1) is 5.41 Å². The van der Waals surface area contributed by atoms with Crippen LogP contribution in [0.2, 0.25) is 0 Å². The number of alkyl halides is 3. The Morgan fingerprint density at radius 1 is 1.16 bits per heavy atom. The fraction of sp³-hybridized carbons (Fsp3) is 0.500. The Balaban J connectivity index is 0.00000576. The van der Waals surface area contributed by atoms with Crippen LogP contribution in [-0.4, -0.2) is 17.9 Å². The molecule has 0 heterocycles. The lowest BCUT2D eigenvalue weighted by Crippen LogP contribution is -2.46. The molecule has 0 bridgehead atoms. The second kappa shape index (κ2) is 8.53. The van der Waals surface area contributed by atoms with E-state index in [1.54, 1.807) is 20.8 Å². The number of amides is 2. The number of halogens is 4. The van der Waals surface area contributed by atoms with Gasteiger partial charge in [-0.1, -0.05) is 20.8 Å². The average molecular weight is 382 g/mol. The SMILES string of the molecule is CC(NC(=O)C(C)(C)C)C(=O)Nc1cc(CN)cc(C(F)(F)F)c1.Cl. The van der Waals surface area contributed by atoms with E-state index in [1.807, 2.05) is 0 Å². The molecule has 0 spiro atoms. The zero-order valence-electron chi connectivity index (χ0n) is 14.5. The number of rotatable bonds is 4. The van der Waals surface area contributed by atoms with E-state index in [2.05, 4.69) is 10.6 Å². The zero-order valence-corrected chi connectivity index (χ0v) is 15.3. The Bertz CT molecular complexity index is 628. The van der Waals surface area contributed by atoms with Gasteiger partial charge in [-0.25, -0.2) is 0 Å². The van der Waals surface area contributed by atoms with Gasteiger partial charge in [0.1, 0.15) is 6.04 Å². The number of nitrogens with one attached hydrogen (secondary N) is 2. The topological polar surface area (TPSA) is 84.2 Å². The number of hydrogen-bond donors (Lipinski definition) is 3. The summed E-state index contributed by atoms with van der Waals surface area (Å²) in [4.78, 5) is 24.0. The summed E-state index contributed by atoms with van der Waals surface area (Å²) < 4.78 is 38.6. The van der Waals surface area contributed by atoms with Crippen molar-refractivity contribution in [2.75, 3.05) is 5.32 Å². The molecule has 0 aromatic heterocycles. The molecule has 4 N–H and O–H groups in total. The lowest BCUT2D eigenvalue weighted by Gasteiger charge is -2.21. The number of carbonyl (C=O) groups excluding carboxylic acids is 2. The molecule has 142 valence electrons. The highest BCUT2D eigenvalue weighted by atomic mass is 35.5. The lowest BCUT2D eigenvalue weighted by atomic mass is 9.95. The highest BCUT2D eigenvalue weighted by Crippen LogP contribution is 2.32. The monoisotopic (exact) mass is 381 g/mol. The third-order valence-corrected chi connectivity index (χ3v) is 3.25. The van der Waals surface area contributed by atoms with Crippen molar-refractivity contribution in [2.45, 2.75) is 46.5 Å². The number of nitrogens with two attached hydrogens (primary N) is 1. The summed E-state index contributed by atoms with van der Waals surface area (Å²) in [5.41, 5.74) is 4.04. The Morgan fingerprint density at radius 2 is 1.72 bits per heavy atom. The molecular weight excluding hydrogens is 359 g/mol.